The topological polar surface area (TPSA) is 69.4 Å². The van der Waals surface area contributed by atoms with Crippen LogP contribution in [0.1, 0.15) is 33.1 Å². The normalized spacial score (nSPS) is 12.2. The summed E-state index contributed by atoms with van der Waals surface area (Å²) in [6, 6.07) is 0.0181. The van der Waals surface area contributed by atoms with Crippen LogP contribution in [0.5, 0.6) is 0 Å². The van der Waals surface area contributed by atoms with Crippen LogP contribution in [0.25, 0.3) is 0 Å². The minimum absolute atomic E-state index is 0.0181. The fourth-order valence-corrected chi connectivity index (χ4v) is 0.719. The molecule has 0 unspecified atom stereocenters. The summed E-state index contributed by atoms with van der Waals surface area (Å²) in [6.45, 7) is 3.15. The van der Waals surface area contributed by atoms with Crippen molar-refractivity contribution >= 4 is 11.9 Å². The Labute approximate surface area is 72.1 Å². The summed E-state index contributed by atoms with van der Waals surface area (Å²) in [5.74, 6) is -1.06. The first-order valence-electron chi connectivity index (χ1n) is 4.03. The van der Waals surface area contributed by atoms with Crippen molar-refractivity contribution in [1.82, 2.24) is 0 Å². The van der Waals surface area contributed by atoms with Crippen LogP contribution >= 0.6 is 0 Å². The summed E-state index contributed by atoms with van der Waals surface area (Å²) in [5.41, 5.74) is 5.56. The largest absolute Gasteiger partial charge is 0.393 e. The molecule has 0 spiro atoms. The van der Waals surface area contributed by atoms with Crippen molar-refractivity contribution in [1.29, 1.82) is 0 Å². The van der Waals surface area contributed by atoms with E-state index in [1.54, 1.807) is 0 Å². The van der Waals surface area contributed by atoms with E-state index in [4.69, 9.17) is 5.73 Å². The van der Waals surface area contributed by atoms with Gasteiger partial charge in [0, 0.05) is 19.4 Å². The zero-order valence-corrected chi connectivity index (χ0v) is 7.50. The molecule has 0 fully saturated rings. The predicted molar refractivity (Wildman–Crippen MR) is 44.3 cm³/mol. The van der Waals surface area contributed by atoms with Gasteiger partial charge in [0.2, 0.25) is 0 Å². The minimum Gasteiger partial charge on any atom is -0.393 e. The van der Waals surface area contributed by atoms with Crippen molar-refractivity contribution in [3.05, 3.63) is 0 Å². The van der Waals surface area contributed by atoms with Crippen LogP contribution in [-0.4, -0.2) is 18.0 Å². The molecule has 0 aromatic heterocycles. The van der Waals surface area contributed by atoms with Crippen LogP contribution in [-0.2, 0) is 14.3 Å². The van der Waals surface area contributed by atoms with Gasteiger partial charge in [-0.25, -0.2) is 0 Å². The number of ether oxygens (including phenoxy) is 1. The predicted octanol–water partition coefficient (Wildman–Crippen LogP) is 0.594. The lowest BCUT2D eigenvalue weighted by molar-refractivity contribution is -0.158. The average Bonchev–Trinajstić information content (AvgIpc) is 1.99. The van der Waals surface area contributed by atoms with E-state index in [2.05, 4.69) is 4.74 Å². The lowest BCUT2D eigenvalue weighted by atomic mass is 10.1. The Morgan fingerprint density at radius 3 is 2.50 bits per heavy atom. The highest BCUT2D eigenvalue weighted by atomic mass is 16.6. The molecule has 0 aromatic rings. The number of carbonyl (C=O) groups excluding carboxylic acids is 2. The molecular weight excluding hydrogens is 158 g/mol. The number of hydrogen-bond donors (Lipinski definition) is 1. The van der Waals surface area contributed by atoms with Crippen molar-refractivity contribution in [2.75, 3.05) is 0 Å². The van der Waals surface area contributed by atoms with Crippen LogP contribution in [0.3, 0.4) is 0 Å². The van der Waals surface area contributed by atoms with Gasteiger partial charge in [0.1, 0.15) is 0 Å². The van der Waals surface area contributed by atoms with Crippen LogP contribution in [0.2, 0.25) is 0 Å². The molecule has 0 aromatic carbocycles. The summed E-state index contributed by atoms with van der Waals surface area (Å²) >= 11 is 0. The first-order valence-corrected chi connectivity index (χ1v) is 4.03. The summed E-state index contributed by atoms with van der Waals surface area (Å²) in [4.78, 5) is 21.1. The molecular formula is C8H15NO3. The molecule has 0 aliphatic carbocycles. The van der Waals surface area contributed by atoms with Crippen LogP contribution < -0.4 is 5.73 Å². The maximum atomic E-state index is 10.8. The van der Waals surface area contributed by atoms with Crippen LogP contribution in [0.4, 0.5) is 0 Å². The summed E-state index contributed by atoms with van der Waals surface area (Å²) in [5, 5.41) is 0. The number of rotatable bonds is 4. The van der Waals surface area contributed by atoms with E-state index in [-0.39, 0.29) is 12.5 Å². The van der Waals surface area contributed by atoms with Gasteiger partial charge in [-0.2, -0.15) is 0 Å². The summed E-state index contributed by atoms with van der Waals surface area (Å²) < 4.78 is 4.31. The van der Waals surface area contributed by atoms with Crippen molar-refractivity contribution in [3.8, 4) is 0 Å². The molecule has 0 aliphatic rings. The van der Waals surface area contributed by atoms with Crippen LogP contribution in [0, 0.1) is 0 Å². The van der Waals surface area contributed by atoms with E-state index in [1.165, 1.54) is 6.92 Å². The Kier molecular flexibility index (Phi) is 5.28. The van der Waals surface area contributed by atoms with E-state index in [0.717, 1.165) is 6.42 Å². The van der Waals surface area contributed by atoms with Gasteiger partial charge in [0.25, 0.3) is 0 Å². The van der Waals surface area contributed by atoms with E-state index >= 15 is 0 Å². The van der Waals surface area contributed by atoms with Gasteiger partial charge in [-0.1, -0.05) is 6.92 Å². The fourth-order valence-electron chi connectivity index (χ4n) is 0.719. The molecule has 4 nitrogen and oxygen atoms in total. The highest BCUT2D eigenvalue weighted by Gasteiger charge is 2.08. The Bertz CT molecular complexity index is 168. The standard InChI is InChI=1S/C8H15NO3/c1-3-7(9)4-5-8(11)12-6(2)10/h7H,3-5,9H2,1-2H3/t7-/m1/s1. The Morgan fingerprint density at radius 1 is 1.50 bits per heavy atom. The van der Waals surface area contributed by atoms with Gasteiger partial charge in [-0.15, -0.1) is 0 Å². The number of esters is 2. The molecule has 0 radical (unpaired) electrons. The zero-order chi connectivity index (χ0) is 9.56. The molecule has 1 atom stereocenters. The molecule has 0 aliphatic heterocycles. The molecule has 12 heavy (non-hydrogen) atoms. The van der Waals surface area contributed by atoms with Gasteiger partial charge in [-0.05, 0) is 12.8 Å². The third-order valence-electron chi connectivity index (χ3n) is 1.50. The van der Waals surface area contributed by atoms with E-state index in [9.17, 15) is 9.59 Å². The first-order chi connectivity index (χ1) is 5.56. The van der Waals surface area contributed by atoms with Gasteiger partial charge in [-0.3, -0.25) is 9.59 Å². The van der Waals surface area contributed by atoms with Gasteiger partial charge < -0.3 is 10.5 Å². The third kappa shape index (κ3) is 5.85. The smallest absolute Gasteiger partial charge is 0.313 e. The molecule has 2 N–H and O–H groups in total. The van der Waals surface area contributed by atoms with E-state index in [0.29, 0.717) is 6.42 Å². The first kappa shape index (κ1) is 11.1. The monoisotopic (exact) mass is 173 g/mol. The highest BCUT2D eigenvalue weighted by molar-refractivity contribution is 5.83. The van der Waals surface area contributed by atoms with Crippen LogP contribution in [0.15, 0.2) is 0 Å². The Morgan fingerprint density at radius 2 is 2.08 bits per heavy atom. The number of hydrogen-bond acceptors (Lipinski definition) is 4. The Balaban J connectivity index is 3.50. The van der Waals surface area contributed by atoms with Crippen molar-refractivity contribution in [2.24, 2.45) is 5.73 Å². The Hall–Kier alpha value is -0.900. The maximum Gasteiger partial charge on any atom is 0.313 e. The van der Waals surface area contributed by atoms with E-state index in [1.807, 2.05) is 6.92 Å². The van der Waals surface area contributed by atoms with Gasteiger partial charge >= 0.3 is 11.9 Å². The number of carbonyl (C=O) groups is 2. The van der Waals surface area contributed by atoms with E-state index < -0.39 is 11.9 Å². The molecule has 0 rings (SSSR count). The molecule has 0 heterocycles. The highest BCUT2D eigenvalue weighted by Crippen LogP contribution is 1.99. The zero-order valence-electron chi connectivity index (χ0n) is 7.50. The number of nitrogens with two attached hydrogens (primary N) is 1. The molecule has 70 valence electrons. The summed E-state index contributed by atoms with van der Waals surface area (Å²) in [6.07, 6.45) is 1.62. The van der Waals surface area contributed by atoms with Crippen molar-refractivity contribution < 1.29 is 14.3 Å². The second-order valence-electron chi connectivity index (χ2n) is 2.67. The average molecular weight is 173 g/mol. The minimum atomic E-state index is -0.565. The van der Waals surface area contributed by atoms with Crippen molar-refractivity contribution in [2.45, 2.75) is 39.2 Å². The maximum absolute atomic E-state index is 10.8. The SMILES string of the molecule is CC[C@@H](N)CCC(=O)OC(C)=O. The lowest BCUT2D eigenvalue weighted by Crippen LogP contribution is -2.20. The molecule has 0 saturated carbocycles. The molecule has 0 amide bonds. The quantitative estimate of drug-likeness (QED) is 0.499. The fraction of sp³-hybridized carbons (Fsp3) is 0.750. The van der Waals surface area contributed by atoms with Gasteiger partial charge in [0.05, 0.1) is 0 Å². The van der Waals surface area contributed by atoms with Crippen molar-refractivity contribution in [3.63, 3.8) is 0 Å². The third-order valence-corrected chi connectivity index (χ3v) is 1.50. The second-order valence-corrected chi connectivity index (χ2v) is 2.67. The molecule has 0 bridgehead atoms. The second kappa shape index (κ2) is 5.71. The lowest BCUT2D eigenvalue weighted by Gasteiger charge is -2.06. The van der Waals surface area contributed by atoms with Gasteiger partial charge in [0.15, 0.2) is 0 Å². The molecule has 4 heteroatoms. The molecule has 0 saturated heterocycles. The summed E-state index contributed by atoms with van der Waals surface area (Å²) in [7, 11) is 0.